The Kier molecular flexibility index (Phi) is 5.09. The summed E-state index contributed by atoms with van der Waals surface area (Å²) in [5.74, 6) is -3.23. The Labute approximate surface area is 114 Å². The van der Waals surface area contributed by atoms with E-state index in [0.717, 1.165) is 0 Å². The average molecular weight is 287 g/mol. The van der Waals surface area contributed by atoms with E-state index in [0.29, 0.717) is 18.6 Å². The second-order valence-electron chi connectivity index (χ2n) is 4.44. The lowest BCUT2D eigenvalue weighted by Gasteiger charge is -2.17. The highest BCUT2D eigenvalue weighted by Crippen LogP contribution is 2.25. The second-order valence-corrected chi connectivity index (χ2v) is 4.44. The number of hydrogen-bond acceptors (Lipinski definition) is 4. The highest BCUT2D eigenvalue weighted by molar-refractivity contribution is 5.95. The van der Waals surface area contributed by atoms with E-state index < -0.39 is 39.9 Å². The van der Waals surface area contributed by atoms with Gasteiger partial charge in [-0.25, -0.2) is 4.39 Å². The molecule has 0 fully saturated rings. The van der Waals surface area contributed by atoms with Crippen molar-refractivity contribution < 1.29 is 18.5 Å². The zero-order valence-electron chi connectivity index (χ0n) is 11.0. The molecule has 0 bridgehead atoms. The van der Waals surface area contributed by atoms with Gasteiger partial charge in [0.25, 0.3) is 0 Å². The van der Waals surface area contributed by atoms with Gasteiger partial charge in [0, 0.05) is 12.1 Å². The van der Waals surface area contributed by atoms with E-state index in [-0.39, 0.29) is 5.92 Å². The first kappa shape index (κ1) is 16.0. The third-order valence-corrected chi connectivity index (χ3v) is 3.05. The average Bonchev–Trinajstić information content (AvgIpc) is 2.39. The van der Waals surface area contributed by atoms with Crippen molar-refractivity contribution in [2.24, 2.45) is 11.7 Å². The Morgan fingerprint density at radius 3 is 2.55 bits per heavy atom. The van der Waals surface area contributed by atoms with Crippen LogP contribution in [0.5, 0.6) is 0 Å². The molecule has 0 saturated carbocycles. The Balaban J connectivity index is 3.01. The van der Waals surface area contributed by atoms with Gasteiger partial charge in [-0.1, -0.05) is 20.3 Å². The molecule has 1 amide bonds. The highest BCUT2D eigenvalue weighted by atomic mass is 19.1. The van der Waals surface area contributed by atoms with E-state index in [9.17, 15) is 23.7 Å². The van der Waals surface area contributed by atoms with Crippen LogP contribution in [0, 0.1) is 27.7 Å². The molecule has 0 heterocycles. The number of halogens is 2. The highest BCUT2D eigenvalue weighted by Gasteiger charge is 2.23. The molecule has 110 valence electrons. The number of amides is 1. The third kappa shape index (κ3) is 3.47. The molecule has 1 aromatic rings. The van der Waals surface area contributed by atoms with Crippen LogP contribution in [0.3, 0.4) is 0 Å². The Hall–Kier alpha value is -2.09. The number of carbonyl (C=O) groups excluding carboxylic acids is 1. The lowest BCUT2D eigenvalue weighted by molar-refractivity contribution is -0.387. The molecule has 1 unspecified atom stereocenters. The minimum absolute atomic E-state index is 0.145. The van der Waals surface area contributed by atoms with Crippen molar-refractivity contribution in [3.63, 3.8) is 0 Å². The van der Waals surface area contributed by atoms with Gasteiger partial charge in [-0.2, -0.15) is 4.39 Å². The summed E-state index contributed by atoms with van der Waals surface area (Å²) in [6.45, 7) is 3.58. The number of nitrogens with two attached hydrogens (primary N) is 1. The summed E-state index contributed by atoms with van der Waals surface area (Å²) >= 11 is 0. The lowest BCUT2D eigenvalue weighted by atomic mass is 9.99. The Morgan fingerprint density at radius 2 is 2.05 bits per heavy atom. The zero-order valence-corrected chi connectivity index (χ0v) is 11.0. The largest absolute Gasteiger partial charge is 0.322 e. The molecule has 6 nitrogen and oxygen atoms in total. The summed E-state index contributed by atoms with van der Waals surface area (Å²) in [4.78, 5) is 21.3. The maximum atomic E-state index is 13.5. The van der Waals surface area contributed by atoms with Crippen LogP contribution in [0.4, 0.5) is 20.2 Å². The Morgan fingerprint density at radius 1 is 1.45 bits per heavy atom. The number of nitro groups is 1. The number of nitrogens with one attached hydrogen (secondary N) is 1. The molecular formula is C12H15F2N3O3. The number of benzene rings is 1. The minimum atomic E-state index is -1.31. The predicted molar refractivity (Wildman–Crippen MR) is 69.1 cm³/mol. The maximum absolute atomic E-state index is 13.5. The monoisotopic (exact) mass is 287 g/mol. The van der Waals surface area contributed by atoms with Crippen LogP contribution in [-0.2, 0) is 4.79 Å². The predicted octanol–water partition coefficient (Wildman–Crippen LogP) is 2.18. The molecule has 0 aromatic heterocycles. The van der Waals surface area contributed by atoms with Gasteiger partial charge in [-0.3, -0.25) is 14.9 Å². The number of anilines is 1. The first-order valence-electron chi connectivity index (χ1n) is 5.97. The summed E-state index contributed by atoms with van der Waals surface area (Å²) < 4.78 is 26.6. The number of nitro benzene ring substituents is 1. The Bertz CT molecular complexity index is 537. The van der Waals surface area contributed by atoms with Crippen LogP contribution in [0.15, 0.2) is 12.1 Å². The molecule has 0 saturated heterocycles. The third-order valence-electron chi connectivity index (χ3n) is 3.05. The first-order valence-corrected chi connectivity index (χ1v) is 5.97. The van der Waals surface area contributed by atoms with E-state index in [1.165, 1.54) is 0 Å². The van der Waals surface area contributed by atoms with Gasteiger partial charge in [0.15, 0.2) is 0 Å². The van der Waals surface area contributed by atoms with Gasteiger partial charge in [0.2, 0.25) is 11.7 Å². The first-order chi connectivity index (χ1) is 9.27. The maximum Gasteiger partial charge on any atom is 0.307 e. The van der Waals surface area contributed by atoms with Crippen molar-refractivity contribution in [2.45, 2.75) is 26.3 Å². The lowest BCUT2D eigenvalue weighted by Crippen LogP contribution is -2.40. The molecule has 0 spiro atoms. The van der Waals surface area contributed by atoms with Crippen molar-refractivity contribution in [3.8, 4) is 0 Å². The number of nitrogens with zero attached hydrogens (tertiary/aromatic N) is 1. The molecule has 0 radical (unpaired) electrons. The molecular weight excluding hydrogens is 272 g/mol. The van der Waals surface area contributed by atoms with E-state index in [1.807, 2.05) is 6.92 Å². The molecule has 3 N–H and O–H groups in total. The molecule has 0 aliphatic carbocycles. The van der Waals surface area contributed by atoms with Gasteiger partial charge < -0.3 is 11.1 Å². The normalized spacial score (nSPS) is 13.7. The van der Waals surface area contributed by atoms with Gasteiger partial charge in [-0.15, -0.1) is 0 Å². The van der Waals surface area contributed by atoms with Crippen molar-refractivity contribution in [1.29, 1.82) is 0 Å². The molecule has 8 heteroatoms. The van der Waals surface area contributed by atoms with Crippen molar-refractivity contribution in [2.75, 3.05) is 5.32 Å². The quantitative estimate of drug-likeness (QED) is 0.640. The van der Waals surface area contributed by atoms with Crippen LogP contribution < -0.4 is 11.1 Å². The van der Waals surface area contributed by atoms with Crippen LogP contribution >= 0.6 is 0 Å². The smallest absolute Gasteiger partial charge is 0.307 e. The fourth-order valence-corrected chi connectivity index (χ4v) is 1.50. The van der Waals surface area contributed by atoms with Gasteiger partial charge >= 0.3 is 5.69 Å². The van der Waals surface area contributed by atoms with Crippen LogP contribution in [0.1, 0.15) is 20.3 Å². The number of rotatable bonds is 5. The van der Waals surface area contributed by atoms with E-state index >= 15 is 0 Å². The molecule has 1 aromatic carbocycles. The molecule has 0 aliphatic heterocycles. The summed E-state index contributed by atoms with van der Waals surface area (Å²) in [7, 11) is 0. The van der Waals surface area contributed by atoms with E-state index in [2.05, 4.69) is 5.32 Å². The SMILES string of the molecule is CCC(C)[C@H](N)C(=O)Nc1cc([N+](=O)[O-])c(F)cc1F. The molecule has 1 rings (SSSR count). The van der Waals surface area contributed by atoms with Gasteiger partial charge in [0.05, 0.1) is 16.7 Å². The van der Waals surface area contributed by atoms with Gasteiger partial charge in [-0.05, 0) is 5.92 Å². The van der Waals surface area contributed by atoms with E-state index in [4.69, 9.17) is 5.73 Å². The topological polar surface area (TPSA) is 98.3 Å². The summed E-state index contributed by atoms with van der Waals surface area (Å²) in [6.07, 6.45) is 0.640. The van der Waals surface area contributed by atoms with Crippen molar-refractivity contribution in [1.82, 2.24) is 0 Å². The zero-order chi connectivity index (χ0) is 15.4. The van der Waals surface area contributed by atoms with E-state index in [1.54, 1.807) is 6.92 Å². The van der Waals surface area contributed by atoms with Crippen LogP contribution in [0.25, 0.3) is 0 Å². The summed E-state index contributed by atoms with van der Waals surface area (Å²) in [5, 5.41) is 12.7. The molecule has 20 heavy (non-hydrogen) atoms. The summed E-state index contributed by atoms with van der Waals surface area (Å²) in [5.41, 5.74) is 4.27. The molecule has 0 aliphatic rings. The van der Waals surface area contributed by atoms with Crippen LogP contribution in [0.2, 0.25) is 0 Å². The molecule has 2 atom stereocenters. The van der Waals surface area contributed by atoms with Crippen LogP contribution in [-0.4, -0.2) is 16.9 Å². The fourth-order valence-electron chi connectivity index (χ4n) is 1.50. The minimum Gasteiger partial charge on any atom is -0.322 e. The van der Waals surface area contributed by atoms with Crippen molar-refractivity contribution >= 4 is 17.3 Å². The fraction of sp³-hybridized carbons (Fsp3) is 0.417. The van der Waals surface area contributed by atoms with Crippen molar-refractivity contribution in [3.05, 3.63) is 33.9 Å². The number of hydrogen-bond donors (Lipinski definition) is 2. The standard InChI is InChI=1S/C12H15F2N3O3/c1-3-6(2)11(15)12(18)16-9-5-10(17(19)20)8(14)4-7(9)13/h4-6,11H,3,15H2,1-2H3,(H,16,18)/t6?,11-/m0/s1. The summed E-state index contributed by atoms with van der Waals surface area (Å²) in [6, 6.07) is 0.0949. The van der Waals surface area contributed by atoms with Gasteiger partial charge in [0.1, 0.15) is 5.82 Å². The number of carbonyl (C=O) groups is 1. The second kappa shape index (κ2) is 6.38.